The van der Waals surface area contributed by atoms with Crippen LogP contribution in [-0.4, -0.2) is 0 Å². The van der Waals surface area contributed by atoms with Gasteiger partial charge in [0.25, 0.3) is 0 Å². The summed E-state index contributed by atoms with van der Waals surface area (Å²) in [4.78, 5) is 0. The van der Waals surface area contributed by atoms with Crippen LogP contribution >= 0.6 is 0 Å². The van der Waals surface area contributed by atoms with Gasteiger partial charge in [-0.05, 0) is 71.3 Å². The van der Waals surface area contributed by atoms with Gasteiger partial charge in [0.05, 0.1) is 0 Å². The molecule has 0 fully saturated rings. The van der Waals surface area contributed by atoms with Crippen molar-refractivity contribution in [3.8, 4) is 0 Å². The average molecular weight is 367 g/mol. The van der Waals surface area contributed by atoms with Gasteiger partial charge in [-0.15, -0.1) is 0 Å². The number of hydrogen-bond acceptors (Lipinski definition) is 0. The molecule has 1 aromatic carbocycles. The third-order valence-electron chi connectivity index (χ3n) is 4.48. The number of rotatable bonds is 10. The van der Waals surface area contributed by atoms with Crippen LogP contribution in [0.15, 0.2) is 77.4 Å². The van der Waals surface area contributed by atoms with Gasteiger partial charge < -0.3 is 0 Å². The molecule has 0 nitrogen and oxygen atoms in total. The Morgan fingerprint density at radius 2 is 1.37 bits per heavy atom. The Hall–Kier alpha value is -1.82. The minimum atomic E-state index is 0.487. The van der Waals surface area contributed by atoms with Crippen molar-refractivity contribution in [1.82, 2.24) is 0 Å². The van der Waals surface area contributed by atoms with E-state index in [0.717, 1.165) is 12.8 Å². The second kappa shape index (κ2) is 16.4. The lowest BCUT2D eigenvalue weighted by molar-refractivity contribution is 0.914. The lowest BCUT2D eigenvalue weighted by Gasteiger charge is -2.05. The highest BCUT2D eigenvalue weighted by molar-refractivity contribution is 5.23. The summed E-state index contributed by atoms with van der Waals surface area (Å²) in [5, 5.41) is 0. The molecule has 150 valence electrons. The van der Waals surface area contributed by atoms with Crippen molar-refractivity contribution in [2.45, 2.75) is 86.5 Å². The fraction of sp³-hybridized carbons (Fsp3) is 0.481. The Bertz CT molecular complexity index is 592. The van der Waals surface area contributed by atoms with E-state index in [4.69, 9.17) is 0 Å². The summed E-state index contributed by atoms with van der Waals surface area (Å²) >= 11 is 0. The van der Waals surface area contributed by atoms with Crippen LogP contribution in [0.4, 0.5) is 0 Å². The fourth-order valence-corrected chi connectivity index (χ4v) is 2.76. The predicted octanol–water partition coefficient (Wildman–Crippen LogP) is 9.18. The first-order valence-corrected chi connectivity index (χ1v) is 10.6. The number of hydrogen-bond donors (Lipinski definition) is 0. The summed E-state index contributed by atoms with van der Waals surface area (Å²) in [5.41, 5.74) is 5.81. The first-order valence-electron chi connectivity index (χ1n) is 10.6. The second-order valence-electron chi connectivity index (χ2n) is 7.32. The highest BCUT2D eigenvalue weighted by atomic mass is 14.0. The van der Waals surface area contributed by atoms with Crippen molar-refractivity contribution < 1.29 is 0 Å². The molecule has 0 saturated carbocycles. The van der Waals surface area contributed by atoms with Crippen LogP contribution in [0.1, 0.15) is 92.1 Å². The van der Waals surface area contributed by atoms with Crippen molar-refractivity contribution in [2.75, 3.05) is 0 Å². The molecule has 1 aromatic rings. The highest BCUT2D eigenvalue weighted by Gasteiger charge is 1.98. The lowest BCUT2D eigenvalue weighted by Crippen LogP contribution is -1.87. The zero-order valence-electron chi connectivity index (χ0n) is 18.9. The van der Waals surface area contributed by atoms with Crippen LogP contribution in [0.3, 0.4) is 0 Å². The Morgan fingerprint density at radius 1 is 0.815 bits per heavy atom. The molecule has 0 aliphatic rings. The number of benzene rings is 1. The first-order chi connectivity index (χ1) is 13.0. The van der Waals surface area contributed by atoms with Crippen LogP contribution in [-0.2, 0) is 0 Å². The van der Waals surface area contributed by atoms with E-state index in [1.54, 1.807) is 0 Å². The predicted molar refractivity (Wildman–Crippen MR) is 125 cm³/mol. The van der Waals surface area contributed by atoms with E-state index < -0.39 is 0 Å². The van der Waals surface area contributed by atoms with E-state index in [9.17, 15) is 0 Å². The molecule has 0 bridgehead atoms. The van der Waals surface area contributed by atoms with E-state index in [1.165, 1.54) is 41.5 Å². The Kier molecular flexibility index (Phi) is 15.3. The highest BCUT2D eigenvalue weighted by Crippen LogP contribution is 2.16. The summed E-state index contributed by atoms with van der Waals surface area (Å²) in [7, 11) is 0. The molecule has 0 spiro atoms. The van der Waals surface area contributed by atoms with Crippen molar-refractivity contribution >= 4 is 0 Å². The standard InChI is InChI=1S/C25H36.C2H6/c1-21(2)13-11-15-23(4)17-12-16-22(3)14-9-10-18-24(5)25-19-7-6-8-20-25;1-2/h6-8,10,13-14,17-20,24H,9,11-12,15-16H2,1-5H3;1-2H3/b18-10?,22-14+,23-17+;. The molecule has 1 atom stereocenters. The lowest BCUT2D eigenvalue weighted by atomic mass is 10.0. The molecule has 0 N–H and O–H groups in total. The van der Waals surface area contributed by atoms with Gasteiger partial charge in [0, 0.05) is 0 Å². The van der Waals surface area contributed by atoms with E-state index in [2.05, 4.69) is 95.3 Å². The average Bonchev–Trinajstić information content (AvgIpc) is 2.67. The molecule has 27 heavy (non-hydrogen) atoms. The minimum Gasteiger partial charge on any atom is -0.0856 e. The summed E-state index contributed by atoms with van der Waals surface area (Å²) in [6, 6.07) is 10.7. The maximum absolute atomic E-state index is 2.41. The molecule has 0 heteroatoms. The quantitative estimate of drug-likeness (QED) is 0.362. The molecule has 1 rings (SSSR count). The molecule has 1 unspecified atom stereocenters. The molecular weight excluding hydrogens is 324 g/mol. The van der Waals surface area contributed by atoms with Crippen molar-refractivity contribution in [1.29, 1.82) is 0 Å². The molecule has 0 radical (unpaired) electrons. The SMILES string of the molecule is CC.CC(C)=CCC/C(C)=C/CC/C(C)=C/CC=CC(C)c1ccccc1. The van der Waals surface area contributed by atoms with E-state index >= 15 is 0 Å². The molecular formula is C27H42. The second-order valence-corrected chi connectivity index (χ2v) is 7.32. The molecule has 0 aromatic heterocycles. The largest absolute Gasteiger partial charge is 0.0856 e. The maximum atomic E-state index is 2.41. The number of allylic oxidation sites excluding steroid dienone is 8. The normalized spacial score (nSPS) is 13.1. The van der Waals surface area contributed by atoms with Crippen LogP contribution < -0.4 is 0 Å². The van der Waals surface area contributed by atoms with E-state index in [-0.39, 0.29) is 0 Å². The summed E-state index contributed by atoms with van der Waals surface area (Å²) < 4.78 is 0. The van der Waals surface area contributed by atoms with Gasteiger partial charge in [0.2, 0.25) is 0 Å². The van der Waals surface area contributed by atoms with Gasteiger partial charge in [-0.25, -0.2) is 0 Å². The minimum absolute atomic E-state index is 0.487. The summed E-state index contributed by atoms with van der Waals surface area (Å²) in [5.74, 6) is 0.487. The van der Waals surface area contributed by atoms with Gasteiger partial charge >= 0.3 is 0 Å². The van der Waals surface area contributed by atoms with Gasteiger partial charge in [-0.1, -0.05) is 98.2 Å². The maximum Gasteiger partial charge on any atom is -0.00103 e. The van der Waals surface area contributed by atoms with E-state index in [0.29, 0.717) is 5.92 Å². The molecule has 0 heterocycles. The smallest absolute Gasteiger partial charge is 0.00103 e. The van der Waals surface area contributed by atoms with Crippen LogP contribution in [0.25, 0.3) is 0 Å². The van der Waals surface area contributed by atoms with Gasteiger partial charge in [-0.3, -0.25) is 0 Å². The third-order valence-corrected chi connectivity index (χ3v) is 4.48. The Balaban J connectivity index is 0.00000326. The van der Waals surface area contributed by atoms with Crippen molar-refractivity contribution in [3.63, 3.8) is 0 Å². The molecule has 0 aliphatic carbocycles. The molecule has 0 aliphatic heterocycles. The van der Waals surface area contributed by atoms with Gasteiger partial charge in [0.1, 0.15) is 0 Å². The zero-order chi connectivity index (χ0) is 20.5. The summed E-state index contributed by atoms with van der Waals surface area (Å²) in [6.07, 6.45) is 17.4. The van der Waals surface area contributed by atoms with Crippen LogP contribution in [0.2, 0.25) is 0 Å². The van der Waals surface area contributed by atoms with Crippen molar-refractivity contribution in [3.05, 3.63) is 83.0 Å². The van der Waals surface area contributed by atoms with Crippen LogP contribution in [0.5, 0.6) is 0 Å². The topological polar surface area (TPSA) is 0 Å². The van der Waals surface area contributed by atoms with E-state index in [1.807, 2.05) is 13.8 Å². The summed E-state index contributed by atoms with van der Waals surface area (Å²) in [6.45, 7) is 15.1. The van der Waals surface area contributed by atoms with Gasteiger partial charge in [-0.2, -0.15) is 0 Å². The fourth-order valence-electron chi connectivity index (χ4n) is 2.76. The molecule has 0 saturated heterocycles. The third kappa shape index (κ3) is 14.0. The Labute approximate surface area is 169 Å². The Morgan fingerprint density at radius 3 is 1.96 bits per heavy atom. The molecule has 0 amide bonds. The zero-order valence-corrected chi connectivity index (χ0v) is 18.9. The first kappa shape index (κ1) is 25.2. The van der Waals surface area contributed by atoms with Crippen molar-refractivity contribution in [2.24, 2.45) is 0 Å². The van der Waals surface area contributed by atoms with Crippen LogP contribution in [0, 0.1) is 0 Å². The van der Waals surface area contributed by atoms with Gasteiger partial charge in [0.15, 0.2) is 0 Å². The monoisotopic (exact) mass is 366 g/mol.